The molecule has 4 rings (SSSR count). The van der Waals surface area contributed by atoms with Crippen LogP contribution in [0.3, 0.4) is 0 Å². The molecule has 1 aromatic heterocycles. The number of anilines is 2. The van der Waals surface area contributed by atoms with Crippen LogP contribution in [0.25, 0.3) is 6.08 Å². The van der Waals surface area contributed by atoms with E-state index < -0.39 is 10.0 Å². The second-order valence-corrected chi connectivity index (χ2v) is 11.0. The molecular formula is C21H32N6O3S. The zero-order chi connectivity index (χ0) is 22.2. The van der Waals surface area contributed by atoms with E-state index in [1.165, 1.54) is 23.4 Å². The van der Waals surface area contributed by atoms with Crippen molar-refractivity contribution in [3.05, 3.63) is 17.3 Å². The van der Waals surface area contributed by atoms with E-state index in [1.807, 2.05) is 6.08 Å². The summed E-state index contributed by atoms with van der Waals surface area (Å²) in [6.45, 7) is 1.58. The summed E-state index contributed by atoms with van der Waals surface area (Å²) in [5.74, 6) is 1.47. The Hall–Kier alpha value is -2.20. The molecule has 1 saturated heterocycles. The lowest BCUT2D eigenvalue weighted by Crippen LogP contribution is -2.42. The van der Waals surface area contributed by atoms with Crippen molar-refractivity contribution in [1.82, 2.24) is 19.2 Å². The number of carbonyl (C=O) groups excluding carboxylic acids is 1. The Bertz CT molecular complexity index is 963. The Morgan fingerprint density at radius 2 is 1.84 bits per heavy atom. The third kappa shape index (κ3) is 4.85. The molecule has 3 heterocycles. The van der Waals surface area contributed by atoms with Crippen molar-refractivity contribution in [3.63, 3.8) is 0 Å². The molecule has 0 radical (unpaired) electrons. The van der Waals surface area contributed by atoms with Gasteiger partial charge in [0.1, 0.15) is 5.82 Å². The third-order valence-corrected chi connectivity index (χ3v) is 7.74. The number of aromatic nitrogens is 2. The first kappa shape index (κ1) is 22.0. The first-order valence-electron chi connectivity index (χ1n) is 11.0. The van der Waals surface area contributed by atoms with Gasteiger partial charge in [0, 0.05) is 56.6 Å². The molecule has 0 unspecified atom stereocenters. The van der Waals surface area contributed by atoms with Crippen molar-refractivity contribution in [3.8, 4) is 0 Å². The minimum absolute atomic E-state index is 0.0217. The quantitative estimate of drug-likeness (QED) is 0.730. The molecule has 170 valence electrons. The van der Waals surface area contributed by atoms with E-state index in [4.69, 9.17) is 4.98 Å². The summed E-state index contributed by atoms with van der Waals surface area (Å²) < 4.78 is 25.0. The van der Waals surface area contributed by atoms with Gasteiger partial charge in [-0.25, -0.2) is 17.7 Å². The molecule has 3 aliphatic rings. The van der Waals surface area contributed by atoms with E-state index in [2.05, 4.69) is 15.2 Å². The number of likely N-dealkylation sites (N-methyl/N-ethyl adjacent to an activating group) is 1. The fraction of sp³-hybridized carbons (Fsp3) is 0.667. The van der Waals surface area contributed by atoms with Gasteiger partial charge in [0.25, 0.3) is 5.91 Å². The normalized spacial score (nSPS) is 21.0. The van der Waals surface area contributed by atoms with Gasteiger partial charge in [-0.1, -0.05) is 12.8 Å². The standard InChI is InChI=1S/C21H32N6O3S/c1-25(2)20(28)16-12-15-13-22-21(23-17-8-10-26(11-9-17)31(3,29)30)24-19(15)27(14-16)18-6-4-5-7-18/h12-13,17-18H,4-11,14H2,1-3H3,(H,22,23,24). The number of amides is 1. The van der Waals surface area contributed by atoms with Crippen LogP contribution in [0.2, 0.25) is 0 Å². The van der Waals surface area contributed by atoms with Crippen LogP contribution in [0.4, 0.5) is 11.8 Å². The maximum atomic E-state index is 12.6. The Balaban J connectivity index is 1.54. The molecule has 10 heteroatoms. The highest BCUT2D eigenvalue weighted by atomic mass is 32.2. The van der Waals surface area contributed by atoms with Gasteiger partial charge in [0.05, 0.1) is 12.8 Å². The molecule has 31 heavy (non-hydrogen) atoms. The van der Waals surface area contributed by atoms with Crippen LogP contribution in [0.5, 0.6) is 0 Å². The highest BCUT2D eigenvalue weighted by molar-refractivity contribution is 7.88. The van der Waals surface area contributed by atoms with Crippen molar-refractivity contribution >= 4 is 33.8 Å². The predicted octanol–water partition coefficient (Wildman–Crippen LogP) is 1.55. The molecule has 1 amide bonds. The minimum Gasteiger partial charge on any atom is -0.351 e. The minimum atomic E-state index is -3.14. The van der Waals surface area contributed by atoms with Crippen molar-refractivity contribution in [2.24, 2.45) is 0 Å². The SMILES string of the molecule is CN(C)C(=O)C1=Cc2cnc(NC3CCN(S(C)(=O)=O)CC3)nc2N(C2CCCC2)C1. The smallest absolute Gasteiger partial charge is 0.251 e. The van der Waals surface area contributed by atoms with Gasteiger partial charge in [-0.3, -0.25) is 4.79 Å². The number of rotatable bonds is 5. The van der Waals surface area contributed by atoms with Gasteiger partial charge in [0.15, 0.2) is 0 Å². The third-order valence-electron chi connectivity index (χ3n) is 6.44. The van der Waals surface area contributed by atoms with Crippen LogP contribution < -0.4 is 10.2 Å². The summed E-state index contributed by atoms with van der Waals surface area (Å²) in [5, 5.41) is 3.40. The first-order chi connectivity index (χ1) is 14.7. The van der Waals surface area contributed by atoms with Crippen LogP contribution in [0.15, 0.2) is 11.8 Å². The van der Waals surface area contributed by atoms with Gasteiger partial charge < -0.3 is 15.1 Å². The average molecular weight is 449 g/mol. The Labute approximate surface area is 184 Å². The van der Waals surface area contributed by atoms with E-state index in [-0.39, 0.29) is 11.9 Å². The zero-order valence-corrected chi connectivity index (χ0v) is 19.4. The molecular weight excluding hydrogens is 416 g/mol. The molecule has 0 bridgehead atoms. The number of nitrogens with one attached hydrogen (secondary N) is 1. The van der Waals surface area contributed by atoms with Gasteiger partial charge in [0.2, 0.25) is 16.0 Å². The Morgan fingerprint density at radius 3 is 2.45 bits per heavy atom. The van der Waals surface area contributed by atoms with E-state index in [9.17, 15) is 13.2 Å². The Kier molecular flexibility index (Phi) is 6.20. The van der Waals surface area contributed by atoms with Crippen LogP contribution in [0, 0.1) is 0 Å². The van der Waals surface area contributed by atoms with Gasteiger partial charge in [-0.15, -0.1) is 0 Å². The van der Waals surface area contributed by atoms with E-state index in [0.717, 1.165) is 42.6 Å². The summed E-state index contributed by atoms with van der Waals surface area (Å²) >= 11 is 0. The molecule has 1 aromatic rings. The zero-order valence-electron chi connectivity index (χ0n) is 18.5. The number of hydrogen-bond donors (Lipinski definition) is 1. The number of carbonyl (C=O) groups is 1. The predicted molar refractivity (Wildman–Crippen MR) is 121 cm³/mol. The van der Waals surface area contributed by atoms with Crippen molar-refractivity contribution in [2.75, 3.05) is 50.2 Å². The number of piperidine rings is 1. The first-order valence-corrected chi connectivity index (χ1v) is 12.8. The van der Waals surface area contributed by atoms with Crippen LogP contribution >= 0.6 is 0 Å². The molecule has 9 nitrogen and oxygen atoms in total. The van der Waals surface area contributed by atoms with E-state index >= 15 is 0 Å². The summed E-state index contributed by atoms with van der Waals surface area (Å²) in [5.41, 5.74) is 1.64. The second-order valence-electron chi connectivity index (χ2n) is 8.99. The number of fused-ring (bicyclic) bond motifs is 1. The average Bonchev–Trinajstić information content (AvgIpc) is 3.27. The van der Waals surface area contributed by atoms with Gasteiger partial charge in [-0.05, 0) is 31.8 Å². The number of nitrogens with zero attached hydrogens (tertiary/aromatic N) is 5. The lowest BCUT2D eigenvalue weighted by atomic mass is 10.0. The lowest BCUT2D eigenvalue weighted by Gasteiger charge is -2.35. The summed E-state index contributed by atoms with van der Waals surface area (Å²) in [6.07, 6.45) is 11.0. The molecule has 1 saturated carbocycles. The largest absolute Gasteiger partial charge is 0.351 e. The molecule has 1 N–H and O–H groups in total. The molecule has 0 spiro atoms. The molecule has 0 atom stereocenters. The van der Waals surface area contributed by atoms with E-state index in [0.29, 0.717) is 31.6 Å². The molecule has 2 aliphatic heterocycles. The molecule has 2 fully saturated rings. The summed E-state index contributed by atoms with van der Waals surface area (Å²) in [4.78, 5) is 25.9. The highest BCUT2D eigenvalue weighted by Gasteiger charge is 2.32. The Morgan fingerprint density at radius 1 is 1.16 bits per heavy atom. The summed E-state index contributed by atoms with van der Waals surface area (Å²) in [6, 6.07) is 0.527. The van der Waals surface area contributed by atoms with E-state index in [1.54, 1.807) is 25.2 Å². The van der Waals surface area contributed by atoms with Crippen LogP contribution in [-0.4, -0.2) is 85.6 Å². The fourth-order valence-electron chi connectivity index (χ4n) is 4.72. The van der Waals surface area contributed by atoms with Crippen LogP contribution in [0.1, 0.15) is 44.1 Å². The maximum Gasteiger partial charge on any atom is 0.251 e. The highest BCUT2D eigenvalue weighted by Crippen LogP contribution is 2.34. The number of hydrogen-bond acceptors (Lipinski definition) is 7. The van der Waals surface area contributed by atoms with Crippen molar-refractivity contribution in [2.45, 2.75) is 50.6 Å². The fourth-order valence-corrected chi connectivity index (χ4v) is 5.60. The van der Waals surface area contributed by atoms with Crippen LogP contribution in [-0.2, 0) is 14.8 Å². The van der Waals surface area contributed by atoms with Gasteiger partial charge >= 0.3 is 0 Å². The molecule has 0 aromatic carbocycles. The van der Waals surface area contributed by atoms with Crippen molar-refractivity contribution in [1.29, 1.82) is 0 Å². The van der Waals surface area contributed by atoms with Gasteiger partial charge in [-0.2, -0.15) is 4.98 Å². The van der Waals surface area contributed by atoms with Crippen molar-refractivity contribution < 1.29 is 13.2 Å². The molecule has 1 aliphatic carbocycles. The lowest BCUT2D eigenvalue weighted by molar-refractivity contribution is -0.124. The number of sulfonamides is 1. The maximum absolute atomic E-state index is 12.6. The summed E-state index contributed by atoms with van der Waals surface area (Å²) in [7, 11) is 0.411. The second kappa shape index (κ2) is 8.74. The monoisotopic (exact) mass is 448 g/mol. The topological polar surface area (TPSA) is 98.7 Å².